The lowest BCUT2D eigenvalue weighted by molar-refractivity contribution is 0.0866. The minimum atomic E-state index is -0.166. The molecule has 3 aromatic carbocycles. The molecule has 1 fully saturated rings. The zero-order chi connectivity index (χ0) is 22.5. The Morgan fingerprint density at radius 3 is 2.27 bits per heavy atom. The van der Waals surface area contributed by atoms with Crippen LogP contribution in [0.25, 0.3) is 16.7 Å². The van der Waals surface area contributed by atoms with Gasteiger partial charge in [-0.15, -0.1) is 0 Å². The quantitative estimate of drug-likeness (QED) is 0.449. The van der Waals surface area contributed by atoms with Crippen molar-refractivity contribution in [2.24, 2.45) is 0 Å². The molecule has 3 aliphatic rings. The average molecular weight is 436 g/mol. The summed E-state index contributed by atoms with van der Waals surface area (Å²) < 4.78 is 6.00. The van der Waals surface area contributed by atoms with Crippen LogP contribution in [-0.2, 0) is 4.74 Å². The molecular formula is C30H29NO2. The van der Waals surface area contributed by atoms with Gasteiger partial charge in [0, 0.05) is 12.0 Å². The van der Waals surface area contributed by atoms with Crippen LogP contribution >= 0.6 is 0 Å². The van der Waals surface area contributed by atoms with Gasteiger partial charge in [-0.25, -0.2) is 4.79 Å². The third-order valence-electron chi connectivity index (χ3n) is 7.67. The van der Waals surface area contributed by atoms with Crippen LogP contribution in [0.3, 0.4) is 0 Å². The molecule has 1 aliphatic carbocycles. The number of hydrogen-bond donors (Lipinski definition) is 0. The average Bonchev–Trinajstić information content (AvgIpc) is 3.28. The summed E-state index contributed by atoms with van der Waals surface area (Å²) in [5.74, 6) is 0.102. The zero-order valence-electron chi connectivity index (χ0n) is 19.3. The number of ether oxygens (including phenoxy) is 1. The maximum atomic E-state index is 13.3. The van der Waals surface area contributed by atoms with Crippen LogP contribution in [0.1, 0.15) is 53.0 Å². The highest BCUT2D eigenvalue weighted by Gasteiger charge is 2.41. The Kier molecular flexibility index (Phi) is 4.86. The van der Waals surface area contributed by atoms with Gasteiger partial charge in [0.15, 0.2) is 0 Å². The maximum Gasteiger partial charge on any atom is 0.410 e. The van der Waals surface area contributed by atoms with Crippen molar-refractivity contribution in [2.45, 2.75) is 51.1 Å². The molecule has 0 saturated carbocycles. The minimum Gasteiger partial charge on any atom is -0.448 e. The van der Waals surface area contributed by atoms with Crippen LogP contribution in [0, 0.1) is 13.8 Å². The molecule has 2 atom stereocenters. The first-order valence-corrected chi connectivity index (χ1v) is 12.0. The van der Waals surface area contributed by atoms with Crippen molar-refractivity contribution < 1.29 is 9.53 Å². The predicted octanol–water partition coefficient (Wildman–Crippen LogP) is 6.87. The standard InChI is InChI=1S/C30H29NO2/c1-19-11-14-24(20(2)15-19)21-16-22-12-13-23(17-21)31(22)30(32)33-18-29-27-9-5-3-7-25(27)26-8-4-6-10-28(26)29/h3-11,14-16,22-23,29H,12-13,17-18H2,1-2H3. The summed E-state index contributed by atoms with van der Waals surface area (Å²) in [7, 11) is 0. The second kappa shape index (κ2) is 7.91. The molecule has 0 spiro atoms. The summed E-state index contributed by atoms with van der Waals surface area (Å²) in [5, 5.41) is 0. The molecule has 3 aromatic rings. The Morgan fingerprint density at radius 1 is 0.909 bits per heavy atom. The molecule has 2 bridgehead atoms. The number of rotatable bonds is 3. The zero-order valence-corrected chi connectivity index (χ0v) is 19.3. The minimum absolute atomic E-state index is 0.102. The van der Waals surface area contributed by atoms with Crippen molar-refractivity contribution in [3.05, 3.63) is 101 Å². The Labute approximate surface area is 195 Å². The molecule has 3 heteroatoms. The van der Waals surface area contributed by atoms with Gasteiger partial charge in [0.2, 0.25) is 0 Å². The first kappa shape index (κ1) is 20.3. The van der Waals surface area contributed by atoms with Gasteiger partial charge in [0.05, 0.1) is 6.04 Å². The van der Waals surface area contributed by atoms with Gasteiger partial charge >= 0.3 is 6.09 Å². The fraction of sp³-hybridized carbons (Fsp3) is 0.300. The molecule has 6 rings (SSSR count). The Morgan fingerprint density at radius 2 is 1.61 bits per heavy atom. The van der Waals surface area contributed by atoms with E-state index in [1.165, 1.54) is 44.5 Å². The van der Waals surface area contributed by atoms with E-state index >= 15 is 0 Å². The Balaban J connectivity index is 1.21. The van der Waals surface area contributed by atoms with Gasteiger partial charge in [0.1, 0.15) is 6.61 Å². The fourth-order valence-electron chi connectivity index (χ4n) is 6.16. The third kappa shape index (κ3) is 3.38. The van der Waals surface area contributed by atoms with Gasteiger partial charge in [-0.05, 0) is 72.1 Å². The second-order valence-electron chi connectivity index (χ2n) is 9.72. The molecule has 2 aliphatic heterocycles. The molecular weight excluding hydrogens is 406 g/mol. The van der Waals surface area contributed by atoms with Crippen molar-refractivity contribution in [3.63, 3.8) is 0 Å². The summed E-state index contributed by atoms with van der Waals surface area (Å²) in [6.45, 7) is 4.70. The fourth-order valence-corrected chi connectivity index (χ4v) is 6.16. The lowest BCUT2D eigenvalue weighted by atomic mass is 9.91. The first-order valence-electron chi connectivity index (χ1n) is 12.0. The van der Waals surface area contributed by atoms with E-state index in [1.54, 1.807) is 0 Å². The van der Waals surface area contributed by atoms with E-state index in [1.807, 2.05) is 4.90 Å². The largest absolute Gasteiger partial charge is 0.448 e. The highest BCUT2D eigenvalue weighted by molar-refractivity contribution is 5.79. The SMILES string of the molecule is Cc1ccc(C2=CC3CCC(C2)N3C(=O)OCC2c3ccccc3-c3ccccc32)c(C)c1. The van der Waals surface area contributed by atoms with Crippen LogP contribution < -0.4 is 0 Å². The number of fused-ring (bicyclic) bond motifs is 5. The Hall–Kier alpha value is -3.33. The van der Waals surface area contributed by atoms with Crippen LogP contribution in [0.5, 0.6) is 0 Å². The van der Waals surface area contributed by atoms with Crippen molar-refractivity contribution in [3.8, 4) is 11.1 Å². The van der Waals surface area contributed by atoms with Crippen molar-refractivity contribution in [1.82, 2.24) is 4.90 Å². The van der Waals surface area contributed by atoms with Gasteiger partial charge in [0.25, 0.3) is 0 Å². The summed E-state index contributed by atoms with van der Waals surface area (Å²) in [6.07, 6.45) is 5.11. The molecule has 3 nitrogen and oxygen atoms in total. The van der Waals surface area contributed by atoms with Crippen molar-refractivity contribution in [2.75, 3.05) is 6.61 Å². The van der Waals surface area contributed by atoms with Gasteiger partial charge in [-0.1, -0.05) is 78.4 Å². The molecule has 33 heavy (non-hydrogen) atoms. The molecule has 1 amide bonds. The van der Waals surface area contributed by atoms with Crippen LogP contribution in [0.15, 0.2) is 72.8 Å². The van der Waals surface area contributed by atoms with Crippen molar-refractivity contribution >= 4 is 11.7 Å². The van der Waals surface area contributed by atoms with Gasteiger partial charge in [-0.2, -0.15) is 0 Å². The van der Waals surface area contributed by atoms with E-state index < -0.39 is 0 Å². The van der Waals surface area contributed by atoms with Crippen molar-refractivity contribution in [1.29, 1.82) is 0 Å². The maximum absolute atomic E-state index is 13.3. The molecule has 0 radical (unpaired) electrons. The number of nitrogens with zero attached hydrogens (tertiary/aromatic N) is 1. The van der Waals surface area contributed by atoms with Gasteiger partial charge < -0.3 is 4.74 Å². The highest BCUT2D eigenvalue weighted by atomic mass is 16.6. The molecule has 0 aromatic heterocycles. The highest BCUT2D eigenvalue weighted by Crippen LogP contribution is 2.45. The van der Waals surface area contributed by atoms with E-state index in [9.17, 15) is 4.79 Å². The normalized spacial score (nSPS) is 20.9. The van der Waals surface area contributed by atoms with E-state index in [0.29, 0.717) is 6.61 Å². The monoisotopic (exact) mass is 435 g/mol. The Bertz CT molecular complexity index is 1230. The van der Waals surface area contributed by atoms with Crippen LogP contribution in [-0.4, -0.2) is 29.7 Å². The first-order chi connectivity index (χ1) is 16.1. The number of carbonyl (C=O) groups is 1. The summed E-state index contributed by atoms with van der Waals surface area (Å²) >= 11 is 0. The lowest BCUT2D eigenvalue weighted by Crippen LogP contribution is -2.43. The topological polar surface area (TPSA) is 29.5 Å². The van der Waals surface area contributed by atoms with E-state index in [-0.39, 0.29) is 24.1 Å². The van der Waals surface area contributed by atoms with E-state index in [0.717, 1.165) is 19.3 Å². The molecule has 2 unspecified atom stereocenters. The van der Waals surface area contributed by atoms with E-state index in [2.05, 4.69) is 86.7 Å². The van der Waals surface area contributed by atoms with Gasteiger partial charge in [-0.3, -0.25) is 4.90 Å². The summed E-state index contributed by atoms with van der Waals surface area (Å²) in [6, 6.07) is 24.0. The summed E-state index contributed by atoms with van der Waals surface area (Å²) in [4.78, 5) is 15.3. The number of aryl methyl sites for hydroxylation is 2. The smallest absolute Gasteiger partial charge is 0.410 e. The lowest BCUT2D eigenvalue weighted by Gasteiger charge is -2.34. The molecule has 166 valence electrons. The third-order valence-corrected chi connectivity index (χ3v) is 7.67. The molecule has 1 saturated heterocycles. The van der Waals surface area contributed by atoms with Crippen LogP contribution in [0.4, 0.5) is 4.79 Å². The molecule has 0 N–H and O–H groups in total. The predicted molar refractivity (Wildman–Crippen MR) is 132 cm³/mol. The number of benzene rings is 3. The number of carbonyl (C=O) groups excluding carboxylic acids is 1. The van der Waals surface area contributed by atoms with Crippen LogP contribution in [0.2, 0.25) is 0 Å². The summed E-state index contributed by atoms with van der Waals surface area (Å²) in [5.41, 5.74) is 10.3. The number of amides is 1. The second-order valence-corrected chi connectivity index (χ2v) is 9.72. The molecule has 2 heterocycles. The van der Waals surface area contributed by atoms with E-state index in [4.69, 9.17) is 4.74 Å². The number of hydrogen-bond acceptors (Lipinski definition) is 2.